The quantitative estimate of drug-likeness (QED) is 0.794. The maximum atomic E-state index is 13.4. The molecule has 0 aliphatic carbocycles. The lowest BCUT2D eigenvalue weighted by Crippen LogP contribution is -2.53. The minimum Gasteiger partial charge on any atom is -0.497 e. The molecule has 0 saturated carbocycles. The minimum atomic E-state index is -0.195. The third-order valence-electron chi connectivity index (χ3n) is 5.95. The molecule has 2 atom stereocenters. The topological polar surface area (TPSA) is 53.1 Å². The number of amides is 2. The zero-order chi connectivity index (χ0) is 19.4. The predicted molar refractivity (Wildman–Crippen MR) is 105 cm³/mol. The van der Waals surface area contributed by atoms with E-state index in [2.05, 4.69) is 11.8 Å². The number of piperidine rings is 1. The Labute approximate surface area is 162 Å². The normalized spacial score (nSPS) is 24.2. The second kappa shape index (κ2) is 8.74. The van der Waals surface area contributed by atoms with Crippen molar-refractivity contribution < 1.29 is 14.3 Å². The van der Waals surface area contributed by atoms with Crippen LogP contribution >= 0.6 is 0 Å². The molecule has 0 radical (unpaired) electrons. The summed E-state index contributed by atoms with van der Waals surface area (Å²) in [5.74, 6) is 0.933. The molecule has 2 heterocycles. The number of piperazine rings is 1. The number of nitrogens with zero attached hydrogens (tertiary/aromatic N) is 3. The van der Waals surface area contributed by atoms with Gasteiger partial charge in [0, 0.05) is 39.1 Å². The molecule has 3 rings (SSSR count). The molecular formula is C21H31N3O3. The molecule has 148 valence electrons. The number of carbonyl (C=O) groups excluding carboxylic acids is 2. The van der Waals surface area contributed by atoms with Crippen molar-refractivity contribution in [3.05, 3.63) is 29.8 Å². The van der Waals surface area contributed by atoms with Gasteiger partial charge in [0.1, 0.15) is 5.75 Å². The molecule has 0 spiro atoms. The summed E-state index contributed by atoms with van der Waals surface area (Å²) in [4.78, 5) is 32.1. The van der Waals surface area contributed by atoms with Crippen LogP contribution in [0.15, 0.2) is 24.3 Å². The Hall–Kier alpha value is -2.08. The number of likely N-dealkylation sites (N-methyl/N-ethyl adjacent to an activating group) is 1. The zero-order valence-corrected chi connectivity index (χ0v) is 16.7. The summed E-state index contributed by atoms with van der Waals surface area (Å²) in [7, 11) is 1.64. The molecule has 2 aliphatic rings. The van der Waals surface area contributed by atoms with Crippen LogP contribution in [0.1, 0.15) is 38.3 Å². The highest BCUT2D eigenvalue weighted by Crippen LogP contribution is 2.38. The fourth-order valence-corrected chi connectivity index (χ4v) is 4.32. The van der Waals surface area contributed by atoms with E-state index in [1.54, 1.807) is 7.11 Å². The van der Waals surface area contributed by atoms with Crippen molar-refractivity contribution >= 4 is 11.8 Å². The van der Waals surface area contributed by atoms with E-state index in [-0.39, 0.29) is 23.8 Å². The van der Waals surface area contributed by atoms with Gasteiger partial charge in [0.05, 0.1) is 19.1 Å². The van der Waals surface area contributed by atoms with Gasteiger partial charge in [-0.3, -0.25) is 9.59 Å². The van der Waals surface area contributed by atoms with Crippen molar-refractivity contribution in [1.29, 1.82) is 0 Å². The van der Waals surface area contributed by atoms with Crippen LogP contribution in [0.3, 0.4) is 0 Å². The van der Waals surface area contributed by atoms with Crippen LogP contribution in [-0.2, 0) is 9.59 Å². The van der Waals surface area contributed by atoms with Crippen molar-refractivity contribution in [3.8, 4) is 5.75 Å². The van der Waals surface area contributed by atoms with E-state index >= 15 is 0 Å². The first kappa shape index (κ1) is 19.7. The lowest BCUT2D eigenvalue weighted by molar-refractivity contribution is -0.148. The number of rotatable bonds is 5. The summed E-state index contributed by atoms with van der Waals surface area (Å²) in [5, 5.41) is 0. The molecule has 2 aliphatic heterocycles. The standard InChI is InChI=1S/C21H31N3O3/c1-4-22-12-14-23(15-13-22)21(26)18-10-11-19(25)24(5-2)20(18)16-6-8-17(27-3)9-7-16/h6-9,18,20H,4-5,10-15H2,1-3H3/t18-,20+/m1/s1. The number of hydrogen-bond donors (Lipinski definition) is 0. The van der Waals surface area contributed by atoms with Crippen molar-refractivity contribution in [3.63, 3.8) is 0 Å². The Balaban J connectivity index is 1.84. The van der Waals surface area contributed by atoms with Crippen LogP contribution in [0.2, 0.25) is 0 Å². The van der Waals surface area contributed by atoms with Gasteiger partial charge in [-0.25, -0.2) is 0 Å². The first-order valence-corrected chi connectivity index (χ1v) is 10.0. The molecule has 6 nitrogen and oxygen atoms in total. The Morgan fingerprint density at radius 3 is 2.30 bits per heavy atom. The highest BCUT2D eigenvalue weighted by molar-refractivity contribution is 5.85. The Kier molecular flexibility index (Phi) is 6.37. The molecule has 1 aromatic carbocycles. The molecule has 0 bridgehead atoms. The number of benzene rings is 1. The van der Waals surface area contributed by atoms with E-state index in [0.717, 1.165) is 44.0 Å². The molecule has 0 unspecified atom stereocenters. The molecule has 0 aromatic heterocycles. The first-order chi connectivity index (χ1) is 13.1. The van der Waals surface area contributed by atoms with Crippen LogP contribution in [0, 0.1) is 5.92 Å². The molecule has 0 N–H and O–H groups in total. The van der Waals surface area contributed by atoms with E-state index in [9.17, 15) is 9.59 Å². The largest absolute Gasteiger partial charge is 0.497 e. The number of methoxy groups -OCH3 is 1. The summed E-state index contributed by atoms with van der Waals surface area (Å²) in [6.45, 7) is 9.19. The predicted octanol–water partition coefficient (Wildman–Crippen LogP) is 2.16. The van der Waals surface area contributed by atoms with E-state index in [4.69, 9.17) is 4.74 Å². The minimum absolute atomic E-state index is 0.137. The monoisotopic (exact) mass is 373 g/mol. The maximum absolute atomic E-state index is 13.4. The van der Waals surface area contributed by atoms with Crippen molar-refractivity contribution in [1.82, 2.24) is 14.7 Å². The summed E-state index contributed by atoms with van der Waals surface area (Å²) in [6.07, 6.45) is 1.07. The second-order valence-electron chi connectivity index (χ2n) is 7.30. The van der Waals surface area contributed by atoms with Gasteiger partial charge >= 0.3 is 0 Å². The molecule has 2 fully saturated rings. The van der Waals surface area contributed by atoms with Gasteiger partial charge in [0.25, 0.3) is 0 Å². The Morgan fingerprint density at radius 2 is 1.74 bits per heavy atom. The zero-order valence-electron chi connectivity index (χ0n) is 16.7. The summed E-state index contributed by atoms with van der Waals surface area (Å²) < 4.78 is 5.26. The van der Waals surface area contributed by atoms with Gasteiger partial charge in [-0.2, -0.15) is 0 Å². The fourth-order valence-electron chi connectivity index (χ4n) is 4.32. The summed E-state index contributed by atoms with van der Waals surface area (Å²) >= 11 is 0. The van der Waals surface area contributed by atoms with Gasteiger partial charge in [0.2, 0.25) is 11.8 Å². The van der Waals surface area contributed by atoms with Crippen LogP contribution in [-0.4, -0.2) is 72.9 Å². The lowest BCUT2D eigenvalue weighted by atomic mass is 9.83. The first-order valence-electron chi connectivity index (χ1n) is 10.0. The summed E-state index contributed by atoms with van der Waals surface area (Å²) in [5.41, 5.74) is 1.01. The number of carbonyl (C=O) groups is 2. The van der Waals surface area contributed by atoms with Crippen LogP contribution in [0.5, 0.6) is 5.75 Å². The van der Waals surface area contributed by atoms with E-state index in [1.165, 1.54) is 0 Å². The third kappa shape index (κ3) is 4.10. The van der Waals surface area contributed by atoms with Crippen molar-refractivity contribution in [2.24, 2.45) is 5.92 Å². The van der Waals surface area contributed by atoms with Gasteiger partial charge in [-0.15, -0.1) is 0 Å². The molecule has 1 aromatic rings. The lowest BCUT2D eigenvalue weighted by Gasteiger charge is -2.43. The van der Waals surface area contributed by atoms with Crippen LogP contribution in [0.25, 0.3) is 0 Å². The number of hydrogen-bond acceptors (Lipinski definition) is 4. The van der Waals surface area contributed by atoms with Crippen molar-refractivity contribution in [2.75, 3.05) is 46.4 Å². The van der Waals surface area contributed by atoms with E-state index in [0.29, 0.717) is 19.4 Å². The van der Waals surface area contributed by atoms with Gasteiger partial charge < -0.3 is 19.4 Å². The van der Waals surface area contributed by atoms with Crippen molar-refractivity contribution in [2.45, 2.75) is 32.7 Å². The molecule has 27 heavy (non-hydrogen) atoms. The SMILES string of the molecule is CCN1CCN(C(=O)[C@@H]2CCC(=O)N(CC)[C@H]2c2ccc(OC)cc2)CC1. The highest BCUT2D eigenvalue weighted by atomic mass is 16.5. The van der Waals surface area contributed by atoms with E-state index in [1.807, 2.05) is 41.0 Å². The Morgan fingerprint density at radius 1 is 1.07 bits per heavy atom. The van der Waals surface area contributed by atoms with E-state index < -0.39 is 0 Å². The maximum Gasteiger partial charge on any atom is 0.228 e. The molecule has 2 saturated heterocycles. The third-order valence-corrected chi connectivity index (χ3v) is 5.95. The van der Waals surface area contributed by atoms with Gasteiger partial charge in [-0.05, 0) is 37.6 Å². The number of likely N-dealkylation sites (tertiary alicyclic amines) is 1. The van der Waals surface area contributed by atoms with Crippen LogP contribution < -0.4 is 4.74 Å². The average Bonchev–Trinajstić information content (AvgIpc) is 2.73. The highest BCUT2D eigenvalue weighted by Gasteiger charge is 2.41. The smallest absolute Gasteiger partial charge is 0.228 e. The second-order valence-corrected chi connectivity index (χ2v) is 7.30. The molecule has 6 heteroatoms. The average molecular weight is 373 g/mol. The fraction of sp³-hybridized carbons (Fsp3) is 0.619. The molecule has 2 amide bonds. The summed E-state index contributed by atoms with van der Waals surface area (Å²) in [6, 6.07) is 7.59. The number of ether oxygens (including phenoxy) is 1. The van der Waals surface area contributed by atoms with Gasteiger partial charge in [0.15, 0.2) is 0 Å². The molecular weight excluding hydrogens is 342 g/mol. The Bertz CT molecular complexity index is 653. The van der Waals surface area contributed by atoms with Crippen LogP contribution in [0.4, 0.5) is 0 Å². The van der Waals surface area contributed by atoms with Gasteiger partial charge in [-0.1, -0.05) is 19.1 Å².